The van der Waals surface area contributed by atoms with Crippen LogP contribution in [0.15, 0.2) is 21.9 Å². The number of hydrogen-bond donors (Lipinski definition) is 1. The van der Waals surface area contributed by atoms with Gasteiger partial charge in [0.15, 0.2) is 0 Å². The van der Waals surface area contributed by atoms with Gasteiger partial charge in [-0.3, -0.25) is 19.0 Å². The number of hydrogen-bond acceptors (Lipinski definition) is 3. The van der Waals surface area contributed by atoms with Crippen molar-refractivity contribution in [1.29, 1.82) is 0 Å². The van der Waals surface area contributed by atoms with Gasteiger partial charge in [0.05, 0.1) is 11.3 Å². The van der Waals surface area contributed by atoms with Crippen LogP contribution in [-0.4, -0.2) is 19.3 Å². The molecule has 0 radical (unpaired) electrons. The molecule has 0 saturated carbocycles. The van der Waals surface area contributed by atoms with Crippen LogP contribution in [0.3, 0.4) is 0 Å². The molecule has 0 saturated heterocycles. The normalized spacial score (nSPS) is 10.9. The van der Waals surface area contributed by atoms with E-state index in [1.54, 1.807) is 4.68 Å². The molecule has 0 amide bonds. The third-order valence-electron chi connectivity index (χ3n) is 2.94. The number of aromatic amines is 1. The Morgan fingerprint density at radius 2 is 2.16 bits per heavy atom. The predicted octanol–water partition coefficient (Wildman–Crippen LogP) is 0.729. The number of aromatic nitrogens is 4. The Hall–Kier alpha value is -1.82. The lowest BCUT2D eigenvalue weighted by atomic mass is 10.2. The lowest BCUT2D eigenvalue weighted by molar-refractivity contribution is 0.606. The van der Waals surface area contributed by atoms with Gasteiger partial charge in [0.1, 0.15) is 5.15 Å². The first kappa shape index (κ1) is 13.6. The fraction of sp³-hybridized carbons (Fsp3) is 0.417. The summed E-state index contributed by atoms with van der Waals surface area (Å²) in [6, 6.07) is 1.86. The van der Waals surface area contributed by atoms with E-state index in [1.807, 2.05) is 26.2 Å². The van der Waals surface area contributed by atoms with E-state index in [-0.39, 0.29) is 17.3 Å². The van der Waals surface area contributed by atoms with Crippen molar-refractivity contribution in [2.24, 2.45) is 7.05 Å². The minimum absolute atomic E-state index is 0.131. The SMILES string of the molecule is CCc1c(Cl)[nH]c(=O)n(CCc2ccn(C)n2)c1=O. The summed E-state index contributed by atoms with van der Waals surface area (Å²) in [7, 11) is 1.82. The van der Waals surface area contributed by atoms with Crippen LogP contribution in [0.25, 0.3) is 0 Å². The second-order valence-corrected chi connectivity index (χ2v) is 4.64. The molecule has 0 spiro atoms. The summed E-state index contributed by atoms with van der Waals surface area (Å²) in [5.41, 5.74) is 0.458. The van der Waals surface area contributed by atoms with Crippen molar-refractivity contribution < 1.29 is 0 Å². The van der Waals surface area contributed by atoms with Gasteiger partial charge in [0.2, 0.25) is 0 Å². The summed E-state index contributed by atoms with van der Waals surface area (Å²) in [4.78, 5) is 26.3. The van der Waals surface area contributed by atoms with Crippen molar-refractivity contribution in [3.8, 4) is 0 Å². The fourth-order valence-electron chi connectivity index (χ4n) is 1.92. The Kier molecular flexibility index (Phi) is 3.90. The highest BCUT2D eigenvalue weighted by Gasteiger charge is 2.11. The van der Waals surface area contributed by atoms with Crippen LogP contribution < -0.4 is 11.2 Å². The van der Waals surface area contributed by atoms with Gasteiger partial charge in [-0.05, 0) is 12.5 Å². The molecule has 19 heavy (non-hydrogen) atoms. The lowest BCUT2D eigenvalue weighted by Gasteiger charge is -2.06. The van der Waals surface area contributed by atoms with Gasteiger partial charge >= 0.3 is 5.69 Å². The van der Waals surface area contributed by atoms with E-state index in [9.17, 15) is 9.59 Å². The molecule has 0 bridgehead atoms. The number of aryl methyl sites for hydroxylation is 2. The molecule has 7 heteroatoms. The van der Waals surface area contributed by atoms with Crippen molar-refractivity contribution >= 4 is 11.6 Å². The standard InChI is InChI=1S/C12H15ClN4O2/c1-3-9-10(13)14-12(19)17(11(9)18)7-5-8-4-6-16(2)15-8/h4,6H,3,5,7H2,1-2H3,(H,14,19). The monoisotopic (exact) mass is 282 g/mol. The Morgan fingerprint density at radius 1 is 1.42 bits per heavy atom. The molecule has 6 nitrogen and oxygen atoms in total. The van der Waals surface area contributed by atoms with Crippen LogP contribution in [0.2, 0.25) is 5.15 Å². The average molecular weight is 283 g/mol. The van der Waals surface area contributed by atoms with Crippen molar-refractivity contribution in [3.05, 3.63) is 49.5 Å². The largest absolute Gasteiger partial charge is 0.329 e. The first-order valence-electron chi connectivity index (χ1n) is 6.03. The Labute approximate surface area is 114 Å². The number of nitrogens with zero attached hydrogens (tertiary/aromatic N) is 3. The molecule has 0 aliphatic carbocycles. The molecule has 0 aliphatic rings. The third-order valence-corrected chi connectivity index (χ3v) is 3.27. The topological polar surface area (TPSA) is 72.7 Å². The highest BCUT2D eigenvalue weighted by molar-refractivity contribution is 6.30. The second-order valence-electron chi connectivity index (χ2n) is 4.26. The van der Waals surface area contributed by atoms with E-state index in [2.05, 4.69) is 10.1 Å². The van der Waals surface area contributed by atoms with E-state index >= 15 is 0 Å². The van der Waals surface area contributed by atoms with Crippen LogP contribution in [0.1, 0.15) is 18.2 Å². The zero-order valence-corrected chi connectivity index (χ0v) is 11.6. The summed E-state index contributed by atoms with van der Waals surface area (Å²) in [6.45, 7) is 2.11. The number of H-pyrrole nitrogens is 1. The first-order valence-corrected chi connectivity index (χ1v) is 6.40. The minimum atomic E-state index is -0.483. The molecule has 2 rings (SSSR count). The second kappa shape index (κ2) is 5.44. The smallest absolute Gasteiger partial charge is 0.297 e. The fourth-order valence-corrected chi connectivity index (χ4v) is 2.21. The van der Waals surface area contributed by atoms with E-state index in [1.165, 1.54) is 4.57 Å². The number of rotatable bonds is 4. The van der Waals surface area contributed by atoms with E-state index in [0.717, 1.165) is 5.69 Å². The molecular weight excluding hydrogens is 268 g/mol. The summed E-state index contributed by atoms with van der Waals surface area (Å²) in [6.07, 6.45) is 2.83. The van der Waals surface area contributed by atoms with Gasteiger partial charge in [-0.15, -0.1) is 0 Å². The summed E-state index contributed by atoms with van der Waals surface area (Å²) >= 11 is 5.84. The van der Waals surface area contributed by atoms with E-state index in [0.29, 0.717) is 18.4 Å². The van der Waals surface area contributed by atoms with Gasteiger partial charge < -0.3 is 0 Å². The molecule has 0 aromatic carbocycles. The Balaban J connectivity index is 2.30. The lowest BCUT2D eigenvalue weighted by Crippen LogP contribution is -2.37. The first-order chi connectivity index (χ1) is 9.02. The van der Waals surface area contributed by atoms with Gasteiger partial charge in [-0.2, -0.15) is 5.10 Å². The average Bonchev–Trinajstić information content (AvgIpc) is 2.75. The molecule has 0 unspecified atom stereocenters. The molecule has 2 aromatic heterocycles. The highest BCUT2D eigenvalue weighted by atomic mass is 35.5. The van der Waals surface area contributed by atoms with Crippen LogP contribution in [-0.2, 0) is 26.4 Å². The maximum Gasteiger partial charge on any atom is 0.329 e. The van der Waals surface area contributed by atoms with Crippen molar-refractivity contribution in [2.75, 3.05) is 0 Å². The van der Waals surface area contributed by atoms with Gasteiger partial charge in [0.25, 0.3) is 5.56 Å². The van der Waals surface area contributed by atoms with Crippen LogP contribution in [0.5, 0.6) is 0 Å². The maximum atomic E-state index is 12.1. The van der Waals surface area contributed by atoms with Crippen molar-refractivity contribution in [1.82, 2.24) is 19.3 Å². The highest BCUT2D eigenvalue weighted by Crippen LogP contribution is 2.06. The zero-order valence-electron chi connectivity index (χ0n) is 10.8. The van der Waals surface area contributed by atoms with Crippen LogP contribution in [0.4, 0.5) is 0 Å². The third kappa shape index (κ3) is 2.78. The van der Waals surface area contributed by atoms with Crippen molar-refractivity contribution in [3.63, 3.8) is 0 Å². The zero-order chi connectivity index (χ0) is 14.0. The van der Waals surface area contributed by atoms with Gasteiger partial charge in [-0.25, -0.2) is 4.79 Å². The summed E-state index contributed by atoms with van der Waals surface area (Å²) in [5, 5.41) is 4.34. The summed E-state index contributed by atoms with van der Waals surface area (Å²) in [5.74, 6) is 0. The Bertz CT molecular complexity index is 698. The van der Waals surface area contributed by atoms with E-state index in [4.69, 9.17) is 11.6 Å². The molecule has 1 N–H and O–H groups in total. The predicted molar refractivity (Wildman–Crippen MR) is 72.6 cm³/mol. The Morgan fingerprint density at radius 3 is 2.74 bits per heavy atom. The van der Waals surface area contributed by atoms with Crippen molar-refractivity contribution in [2.45, 2.75) is 26.3 Å². The summed E-state index contributed by atoms with van der Waals surface area (Å²) < 4.78 is 2.85. The maximum absolute atomic E-state index is 12.1. The molecule has 2 heterocycles. The molecular formula is C12H15ClN4O2. The number of nitrogens with one attached hydrogen (secondary N) is 1. The molecule has 2 aromatic rings. The van der Waals surface area contributed by atoms with Crippen LogP contribution >= 0.6 is 11.6 Å². The number of halogens is 1. The molecule has 0 aliphatic heterocycles. The molecule has 102 valence electrons. The van der Waals surface area contributed by atoms with E-state index < -0.39 is 5.69 Å². The molecule has 0 fully saturated rings. The van der Waals surface area contributed by atoms with Gasteiger partial charge in [0, 0.05) is 26.2 Å². The molecule has 0 atom stereocenters. The van der Waals surface area contributed by atoms with Gasteiger partial charge in [-0.1, -0.05) is 18.5 Å². The van der Waals surface area contributed by atoms with Crippen LogP contribution in [0, 0.1) is 0 Å². The minimum Gasteiger partial charge on any atom is -0.297 e. The quantitative estimate of drug-likeness (QED) is 0.840.